The Hall–Kier alpha value is -1.83. The zero-order chi connectivity index (χ0) is 16.4. The standard InChI is InChI=1S/C16H14BrNO4S/c1-11-2-5-13(6-3-11)23(19,20)22-18-15-8-9-21-16-10-12(17)4-7-14(15)16/h2-8,10,18H,9H2,1H3. The molecule has 0 aromatic heterocycles. The minimum Gasteiger partial charge on any atom is -0.489 e. The summed E-state index contributed by atoms with van der Waals surface area (Å²) in [6, 6.07) is 11.9. The third-order valence-corrected chi connectivity index (χ3v) is 4.98. The molecule has 1 N–H and O–H groups in total. The van der Waals surface area contributed by atoms with Crippen LogP contribution in [0.25, 0.3) is 5.70 Å². The van der Waals surface area contributed by atoms with Crippen LogP contribution >= 0.6 is 15.9 Å². The molecule has 0 bridgehead atoms. The largest absolute Gasteiger partial charge is 0.489 e. The van der Waals surface area contributed by atoms with Crippen LogP contribution in [0.1, 0.15) is 11.1 Å². The summed E-state index contributed by atoms with van der Waals surface area (Å²) in [5.74, 6) is 0.653. The number of rotatable bonds is 4. The lowest BCUT2D eigenvalue weighted by atomic mass is 10.1. The van der Waals surface area contributed by atoms with E-state index in [9.17, 15) is 8.42 Å². The second-order valence-electron chi connectivity index (χ2n) is 5.02. The summed E-state index contributed by atoms with van der Waals surface area (Å²) in [7, 11) is -3.89. The first-order chi connectivity index (χ1) is 11.0. The molecule has 2 aromatic rings. The number of fused-ring (bicyclic) bond motifs is 1. The molecule has 0 saturated carbocycles. The van der Waals surface area contributed by atoms with Gasteiger partial charge in [0, 0.05) is 10.0 Å². The van der Waals surface area contributed by atoms with E-state index in [4.69, 9.17) is 9.02 Å². The number of benzene rings is 2. The van der Waals surface area contributed by atoms with Crippen molar-refractivity contribution in [2.45, 2.75) is 11.8 Å². The Morgan fingerprint density at radius 1 is 1.17 bits per heavy atom. The smallest absolute Gasteiger partial charge is 0.317 e. The first-order valence-corrected chi connectivity index (χ1v) is 9.05. The fraction of sp³-hybridized carbons (Fsp3) is 0.125. The highest BCUT2D eigenvalue weighted by molar-refractivity contribution is 9.10. The Morgan fingerprint density at radius 3 is 2.65 bits per heavy atom. The van der Waals surface area contributed by atoms with Gasteiger partial charge < -0.3 is 4.74 Å². The monoisotopic (exact) mass is 395 g/mol. The molecule has 0 fully saturated rings. The van der Waals surface area contributed by atoms with Gasteiger partial charge in [-0.25, -0.2) is 5.48 Å². The zero-order valence-corrected chi connectivity index (χ0v) is 14.6. The Labute approximate surface area is 143 Å². The van der Waals surface area contributed by atoms with Gasteiger partial charge in [-0.15, -0.1) is 4.28 Å². The maximum atomic E-state index is 12.2. The first-order valence-electron chi connectivity index (χ1n) is 6.85. The highest BCUT2D eigenvalue weighted by Gasteiger charge is 2.19. The third kappa shape index (κ3) is 3.57. The molecule has 7 heteroatoms. The molecule has 0 unspecified atom stereocenters. The van der Waals surface area contributed by atoms with Crippen molar-refractivity contribution in [2.24, 2.45) is 0 Å². The van der Waals surface area contributed by atoms with Crippen LogP contribution in [0.2, 0.25) is 0 Å². The lowest BCUT2D eigenvalue weighted by Crippen LogP contribution is -2.22. The summed E-state index contributed by atoms with van der Waals surface area (Å²) in [4.78, 5) is 0.0966. The van der Waals surface area contributed by atoms with E-state index in [0.717, 1.165) is 15.6 Å². The number of hydrogen-bond acceptors (Lipinski definition) is 5. The number of nitrogens with one attached hydrogen (secondary N) is 1. The van der Waals surface area contributed by atoms with Crippen molar-refractivity contribution in [1.82, 2.24) is 5.48 Å². The average Bonchev–Trinajstić information content (AvgIpc) is 2.53. The summed E-state index contributed by atoms with van der Waals surface area (Å²) in [6.45, 7) is 2.22. The number of hydroxylamine groups is 1. The number of halogens is 1. The fourth-order valence-electron chi connectivity index (χ4n) is 2.11. The molecular formula is C16H14BrNO4S. The first kappa shape index (κ1) is 16.0. The number of aryl methyl sites for hydroxylation is 1. The van der Waals surface area contributed by atoms with Gasteiger partial charge in [0.1, 0.15) is 12.4 Å². The van der Waals surface area contributed by atoms with Crippen LogP contribution in [-0.2, 0) is 14.4 Å². The van der Waals surface area contributed by atoms with Crippen molar-refractivity contribution < 1.29 is 17.4 Å². The van der Waals surface area contributed by atoms with Gasteiger partial charge in [-0.2, -0.15) is 8.42 Å². The lowest BCUT2D eigenvalue weighted by Gasteiger charge is -2.19. The molecule has 0 aliphatic carbocycles. The summed E-state index contributed by atoms with van der Waals surface area (Å²) in [5.41, 5.74) is 4.79. The fourth-order valence-corrected chi connectivity index (χ4v) is 3.22. The van der Waals surface area contributed by atoms with Gasteiger partial charge in [-0.3, -0.25) is 0 Å². The normalized spacial score (nSPS) is 13.7. The Bertz CT molecular complexity index is 860. The van der Waals surface area contributed by atoms with Gasteiger partial charge in [0.2, 0.25) is 0 Å². The van der Waals surface area contributed by atoms with E-state index in [1.807, 2.05) is 25.1 Å². The third-order valence-electron chi connectivity index (χ3n) is 3.33. The zero-order valence-electron chi connectivity index (χ0n) is 12.2. The van der Waals surface area contributed by atoms with Crippen molar-refractivity contribution in [3.05, 3.63) is 64.1 Å². The molecule has 1 aliphatic heterocycles. The van der Waals surface area contributed by atoms with E-state index in [1.165, 1.54) is 12.1 Å². The highest BCUT2D eigenvalue weighted by Crippen LogP contribution is 2.31. The van der Waals surface area contributed by atoms with E-state index >= 15 is 0 Å². The Kier molecular flexibility index (Phi) is 4.43. The Balaban J connectivity index is 1.78. The topological polar surface area (TPSA) is 64.6 Å². The SMILES string of the molecule is Cc1ccc(S(=O)(=O)ONC2=CCOc3cc(Br)ccc32)cc1. The van der Waals surface area contributed by atoms with Crippen molar-refractivity contribution >= 4 is 31.7 Å². The summed E-state index contributed by atoms with van der Waals surface area (Å²) >= 11 is 3.37. The van der Waals surface area contributed by atoms with Crippen LogP contribution in [0, 0.1) is 6.92 Å². The molecule has 0 spiro atoms. The van der Waals surface area contributed by atoms with Crippen molar-refractivity contribution in [3.8, 4) is 5.75 Å². The maximum Gasteiger partial charge on any atom is 0.317 e. The van der Waals surface area contributed by atoms with Crippen LogP contribution in [0.15, 0.2) is 57.9 Å². The molecular weight excluding hydrogens is 382 g/mol. The molecule has 3 rings (SSSR count). The van der Waals surface area contributed by atoms with E-state index in [1.54, 1.807) is 18.2 Å². The van der Waals surface area contributed by atoms with Gasteiger partial charge in [-0.1, -0.05) is 33.6 Å². The minimum atomic E-state index is -3.89. The van der Waals surface area contributed by atoms with Gasteiger partial charge in [0.15, 0.2) is 0 Å². The molecule has 0 radical (unpaired) electrons. The van der Waals surface area contributed by atoms with Crippen LogP contribution in [0.5, 0.6) is 5.75 Å². The van der Waals surface area contributed by atoms with Gasteiger partial charge in [0.05, 0.1) is 10.6 Å². The van der Waals surface area contributed by atoms with Crippen molar-refractivity contribution in [3.63, 3.8) is 0 Å². The Morgan fingerprint density at radius 2 is 1.91 bits per heavy atom. The summed E-state index contributed by atoms with van der Waals surface area (Å²) in [5, 5.41) is 0. The van der Waals surface area contributed by atoms with Gasteiger partial charge >= 0.3 is 10.1 Å². The number of ether oxygens (including phenoxy) is 1. The van der Waals surface area contributed by atoms with E-state index in [2.05, 4.69) is 21.4 Å². The molecule has 0 saturated heterocycles. The van der Waals surface area contributed by atoms with Gasteiger partial charge in [0.25, 0.3) is 0 Å². The van der Waals surface area contributed by atoms with E-state index in [-0.39, 0.29) is 4.90 Å². The minimum absolute atomic E-state index is 0.0966. The molecule has 120 valence electrons. The maximum absolute atomic E-state index is 12.2. The predicted octanol–water partition coefficient (Wildman–Crippen LogP) is 3.40. The molecule has 1 aliphatic rings. The van der Waals surface area contributed by atoms with E-state index < -0.39 is 10.1 Å². The lowest BCUT2D eigenvalue weighted by molar-refractivity contribution is 0.254. The molecule has 0 atom stereocenters. The molecule has 5 nitrogen and oxygen atoms in total. The quantitative estimate of drug-likeness (QED) is 0.803. The summed E-state index contributed by atoms with van der Waals surface area (Å²) in [6.07, 6.45) is 1.72. The molecule has 23 heavy (non-hydrogen) atoms. The van der Waals surface area contributed by atoms with Crippen LogP contribution in [-0.4, -0.2) is 15.0 Å². The molecule has 1 heterocycles. The molecule has 2 aromatic carbocycles. The van der Waals surface area contributed by atoms with Crippen molar-refractivity contribution in [1.29, 1.82) is 0 Å². The predicted molar refractivity (Wildman–Crippen MR) is 90.2 cm³/mol. The number of hydrogen-bond donors (Lipinski definition) is 1. The van der Waals surface area contributed by atoms with Crippen LogP contribution in [0.4, 0.5) is 0 Å². The second kappa shape index (κ2) is 6.35. The molecule has 0 amide bonds. The highest BCUT2D eigenvalue weighted by atomic mass is 79.9. The van der Waals surface area contributed by atoms with Crippen molar-refractivity contribution in [2.75, 3.05) is 6.61 Å². The second-order valence-corrected chi connectivity index (χ2v) is 7.48. The average molecular weight is 396 g/mol. The van der Waals surface area contributed by atoms with Crippen LogP contribution in [0.3, 0.4) is 0 Å². The van der Waals surface area contributed by atoms with Crippen LogP contribution < -0.4 is 10.2 Å². The summed E-state index contributed by atoms with van der Waals surface area (Å²) < 4.78 is 35.8. The van der Waals surface area contributed by atoms with E-state index in [0.29, 0.717) is 18.1 Å². The van der Waals surface area contributed by atoms with Gasteiger partial charge in [-0.05, 0) is 43.3 Å².